The van der Waals surface area contributed by atoms with Crippen LogP contribution < -0.4 is 5.32 Å². The van der Waals surface area contributed by atoms with Crippen LogP contribution in [-0.4, -0.2) is 37.1 Å². The molecule has 3 aromatic heterocycles. The van der Waals surface area contributed by atoms with E-state index in [1.165, 1.54) is 18.7 Å². The summed E-state index contributed by atoms with van der Waals surface area (Å²) in [6.45, 7) is 12.7. The molecular weight excluding hydrogens is 508 g/mol. The molecule has 0 fully saturated rings. The summed E-state index contributed by atoms with van der Waals surface area (Å²) in [6, 6.07) is 4.66. The number of carbonyl (C=O) groups excluding carboxylic acids is 1. The number of thiazole rings is 1. The standard InChI is InChI=1S/C23H24ClF2N5O2S.C2H6/c1-5-27-14-8-10-30(21(32)19-17(20(25)26)28-22(34-19)23(3,4)33)18(12(14)2)15-11-16-13(24)7-6-9-31(16)29-15;1-2/h5-7,9,11,18,20,27,33H,1,8,10H2,2-4H3;1-2H3. The van der Waals surface area contributed by atoms with Gasteiger partial charge < -0.3 is 15.3 Å². The Hall–Kier alpha value is -2.82. The number of hydrogen-bond donors (Lipinski definition) is 2. The van der Waals surface area contributed by atoms with Gasteiger partial charge in [-0.1, -0.05) is 32.0 Å². The molecule has 194 valence electrons. The fourth-order valence-corrected chi connectivity index (χ4v) is 5.27. The molecule has 0 saturated carbocycles. The SMILES string of the molecule is C=CNC1=C(C)C(c2cc3c(Cl)cccn3n2)N(C(=O)c2sc(C(C)(C)O)nc2C(F)F)CC1.CC. The normalized spacial score (nSPS) is 16.3. The van der Waals surface area contributed by atoms with Gasteiger partial charge in [-0.25, -0.2) is 18.3 Å². The van der Waals surface area contributed by atoms with Crippen molar-refractivity contribution in [1.29, 1.82) is 0 Å². The number of rotatable bonds is 6. The maximum atomic E-state index is 13.8. The number of halogens is 3. The number of nitrogens with one attached hydrogen (secondary N) is 1. The summed E-state index contributed by atoms with van der Waals surface area (Å²) >= 11 is 7.11. The molecule has 4 rings (SSSR count). The number of nitrogens with zero attached hydrogens (tertiary/aromatic N) is 4. The molecule has 0 spiro atoms. The molecule has 0 radical (unpaired) electrons. The molecule has 1 amide bonds. The van der Waals surface area contributed by atoms with E-state index in [9.17, 15) is 18.7 Å². The van der Waals surface area contributed by atoms with Gasteiger partial charge in [0, 0.05) is 24.9 Å². The number of pyridine rings is 1. The van der Waals surface area contributed by atoms with Crippen molar-refractivity contribution in [2.45, 2.75) is 59.1 Å². The molecule has 2 N–H and O–H groups in total. The van der Waals surface area contributed by atoms with Crippen LogP contribution in [0.25, 0.3) is 5.52 Å². The molecule has 11 heteroatoms. The van der Waals surface area contributed by atoms with Gasteiger partial charge in [0.05, 0.1) is 22.3 Å². The molecule has 1 aliphatic heterocycles. The number of aromatic nitrogens is 3. The first-order chi connectivity index (χ1) is 17.0. The van der Waals surface area contributed by atoms with Gasteiger partial charge in [0.2, 0.25) is 0 Å². The summed E-state index contributed by atoms with van der Waals surface area (Å²) in [7, 11) is 0. The zero-order valence-electron chi connectivity index (χ0n) is 20.8. The van der Waals surface area contributed by atoms with E-state index < -0.39 is 29.7 Å². The highest BCUT2D eigenvalue weighted by Gasteiger charge is 2.38. The van der Waals surface area contributed by atoms with E-state index in [4.69, 9.17) is 11.6 Å². The van der Waals surface area contributed by atoms with E-state index >= 15 is 0 Å². The average molecular weight is 538 g/mol. The summed E-state index contributed by atoms with van der Waals surface area (Å²) in [5.74, 6) is -0.589. The Morgan fingerprint density at radius 2 is 2.11 bits per heavy atom. The monoisotopic (exact) mass is 537 g/mol. The smallest absolute Gasteiger partial charge is 0.282 e. The van der Waals surface area contributed by atoms with Gasteiger partial charge in [-0.05, 0) is 50.7 Å². The lowest BCUT2D eigenvalue weighted by Crippen LogP contribution is -2.41. The predicted molar refractivity (Wildman–Crippen MR) is 138 cm³/mol. The summed E-state index contributed by atoms with van der Waals surface area (Å²) < 4.78 is 29.3. The number of alkyl halides is 2. The highest BCUT2D eigenvalue weighted by molar-refractivity contribution is 7.14. The van der Waals surface area contributed by atoms with Crippen molar-refractivity contribution in [2.75, 3.05) is 6.54 Å². The van der Waals surface area contributed by atoms with Gasteiger partial charge in [0.15, 0.2) is 0 Å². The molecule has 4 heterocycles. The first-order valence-corrected chi connectivity index (χ1v) is 12.8. The van der Waals surface area contributed by atoms with Crippen LogP contribution in [0.5, 0.6) is 0 Å². The Balaban J connectivity index is 0.00000176. The Kier molecular flexibility index (Phi) is 8.53. The molecule has 1 unspecified atom stereocenters. The van der Waals surface area contributed by atoms with Crippen molar-refractivity contribution < 1.29 is 18.7 Å². The Labute approximate surface area is 218 Å². The number of fused-ring (bicyclic) bond motifs is 1. The van der Waals surface area contributed by atoms with Crippen LogP contribution in [-0.2, 0) is 5.60 Å². The van der Waals surface area contributed by atoms with Gasteiger partial charge in [-0.2, -0.15) is 5.10 Å². The van der Waals surface area contributed by atoms with Crippen molar-refractivity contribution in [3.63, 3.8) is 0 Å². The number of hydrogen-bond acceptors (Lipinski definition) is 6. The van der Waals surface area contributed by atoms with Gasteiger partial charge >= 0.3 is 0 Å². The van der Waals surface area contributed by atoms with E-state index in [1.54, 1.807) is 35.1 Å². The number of carbonyl (C=O) groups is 1. The molecule has 0 aromatic carbocycles. The van der Waals surface area contributed by atoms with Crippen molar-refractivity contribution in [1.82, 2.24) is 24.8 Å². The second kappa shape index (κ2) is 11.1. The summed E-state index contributed by atoms with van der Waals surface area (Å²) in [5, 5.41) is 18.6. The molecule has 3 aromatic rings. The Morgan fingerprint density at radius 3 is 2.69 bits per heavy atom. The van der Waals surface area contributed by atoms with E-state index in [0.29, 0.717) is 22.7 Å². The van der Waals surface area contributed by atoms with Crippen LogP contribution in [0.3, 0.4) is 0 Å². The van der Waals surface area contributed by atoms with Crippen LogP contribution in [0.2, 0.25) is 5.02 Å². The van der Waals surface area contributed by atoms with Crippen molar-refractivity contribution in [2.24, 2.45) is 0 Å². The van der Waals surface area contributed by atoms with Crippen molar-refractivity contribution >= 4 is 34.4 Å². The second-order valence-electron chi connectivity index (χ2n) is 8.51. The van der Waals surface area contributed by atoms with Crippen LogP contribution in [0.15, 0.2) is 48.4 Å². The lowest BCUT2D eigenvalue weighted by atomic mass is 9.95. The largest absolute Gasteiger partial charge is 0.383 e. The van der Waals surface area contributed by atoms with Crippen molar-refractivity contribution in [3.05, 3.63) is 74.7 Å². The topological polar surface area (TPSA) is 82.8 Å². The van der Waals surface area contributed by atoms with Gasteiger partial charge in [-0.3, -0.25) is 4.79 Å². The summed E-state index contributed by atoms with van der Waals surface area (Å²) in [5.41, 5.74) is 0.822. The molecule has 0 aliphatic carbocycles. The van der Waals surface area contributed by atoms with Gasteiger partial charge in [-0.15, -0.1) is 11.3 Å². The Morgan fingerprint density at radius 1 is 1.42 bits per heavy atom. The summed E-state index contributed by atoms with van der Waals surface area (Å²) in [4.78, 5) is 18.9. The van der Waals surface area contributed by atoms with Crippen LogP contribution in [0.4, 0.5) is 8.78 Å². The maximum Gasteiger partial charge on any atom is 0.282 e. The quantitative estimate of drug-likeness (QED) is 0.389. The third-order valence-corrected chi connectivity index (χ3v) is 7.36. The van der Waals surface area contributed by atoms with Gasteiger partial charge in [0.25, 0.3) is 12.3 Å². The zero-order valence-corrected chi connectivity index (χ0v) is 22.4. The zero-order chi connectivity index (χ0) is 26.8. The van der Waals surface area contributed by atoms with E-state index in [2.05, 4.69) is 22.0 Å². The average Bonchev–Trinajstić information content (AvgIpc) is 3.47. The molecular formula is C25H30ClF2N5O2S. The minimum Gasteiger partial charge on any atom is -0.383 e. The van der Waals surface area contributed by atoms with E-state index in [0.717, 1.165) is 22.6 Å². The van der Waals surface area contributed by atoms with Gasteiger partial charge in [0.1, 0.15) is 21.2 Å². The molecule has 0 bridgehead atoms. The molecule has 0 saturated heterocycles. The summed E-state index contributed by atoms with van der Waals surface area (Å²) in [6.07, 6.45) is 0.824. The fraction of sp³-hybridized carbons (Fsp3) is 0.400. The number of aliphatic hydroxyl groups is 1. The molecule has 36 heavy (non-hydrogen) atoms. The molecule has 1 aliphatic rings. The third kappa shape index (κ3) is 5.30. The minimum atomic E-state index is -2.96. The first kappa shape index (κ1) is 27.8. The third-order valence-electron chi connectivity index (χ3n) is 5.66. The van der Waals surface area contributed by atoms with E-state index in [1.807, 2.05) is 20.8 Å². The van der Waals surface area contributed by atoms with E-state index in [-0.39, 0.29) is 16.4 Å². The molecule has 7 nitrogen and oxygen atoms in total. The second-order valence-corrected chi connectivity index (χ2v) is 9.92. The minimum absolute atomic E-state index is 0.0560. The fourth-order valence-electron chi connectivity index (χ4n) is 4.03. The highest BCUT2D eigenvalue weighted by atomic mass is 35.5. The van der Waals surface area contributed by atoms with Crippen molar-refractivity contribution in [3.8, 4) is 0 Å². The van der Waals surface area contributed by atoms with Crippen LogP contribution >= 0.6 is 22.9 Å². The lowest BCUT2D eigenvalue weighted by Gasteiger charge is -2.37. The molecule has 1 atom stereocenters. The first-order valence-electron chi connectivity index (χ1n) is 11.6. The number of amides is 1. The Bertz CT molecular complexity index is 1300. The lowest BCUT2D eigenvalue weighted by molar-refractivity contribution is 0.0676. The van der Waals surface area contributed by atoms with Crippen LogP contribution in [0, 0.1) is 0 Å². The highest BCUT2D eigenvalue weighted by Crippen LogP contribution is 2.39. The maximum absolute atomic E-state index is 13.8. The predicted octanol–water partition coefficient (Wildman–Crippen LogP) is 6.23. The van der Waals surface area contributed by atoms with Crippen LogP contribution in [0.1, 0.15) is 79.6 Å².